The molecule has 1 atom stereocenters. The fourth-order valence-corrected chi connectivity index (χ4v) is 4.06. The van der Waals surface area contributed by atoms with Crippen molar-refractivity contribution in [3.8, 4) is 11.5 Å². The Bertz CT molecular complexity index is 917. The lowest BCUT2D eigenvalue weighted by atomic mass is 10.1. The molecule has 0 radical (unpaired) electrons. The number of ether oxygens (including phenoxy) is 2. The van der Waals surface area contributed by atoms with E-state index in [4.69, 9.17) is 37.1 Å². The molecule has 0 aliphatic heterocycles. The lowest BCUT2D eigenvalue weighted by Crippen LogP contribution is -2.27. The highest BCUT2D eigenvalue weighted by Crippen LogP contribution is 2.24. The maximum atomic E-state index is 6.08. The number of aryl methyl sites for hydroxylation is 1. The second-order valence-electron chi connectivity index (χ2n) is 7.27. The van der Waals surface area contributed by atoms with Gasteiger partial charge in [0, 0.05) is 6.42 Å². The van der Waals surface area contributed by atoms with Crippen LogP contribution < -0.4 is 9.47 Å². The Morgan fingerprint density at radius 1 is 0.800 bits per heavy atom. The van der Waals surface area contributed by atoms with Crippen LogP contribution in [0.5, 0.6) is 11.5 Å². The van der Waals surface area contributed by atoms with Crippen molar-refractivity contribution >= 4 is 32.2 Å². The number of rotatable bonds is 10. The third kappa shape index (κ3) is 7.37. The molecule has 158 valence electrons. The third-order valence-corrected chi connectivity index (χ3v) is 6.00. The molecule has 0 amide bonds. The SMILES string of the molecule is C[SiH](C)OC(CCc1ccc(OCc2ccc(Cl)c(Cl)c2)cc1)Oc1ccccc1. The first-order chi connectivity index (χ1) is 14.5. The predicted octanol–water partition coefficient (Wildman–Crippen LogP) is 6.91. The average Bonchev–Trinajstić information content (AvgIpc) is 2.74. The van der Waals surface area contributed by atoms with E-state index in [1.54, 1.807) is 6.07 Å². The highest BCUT2D eigenvalue weighted by atomic mass is 35.5. The van der Waals surface area contributed by atoms with Crippen LogP contribution in [0, 0.1) is 0 Å². The van der Waals surface area contributed by atoms with Crippen molar-refractivity contribution in [3.63, 3.8) is 0 Å². The van der Waals surface area contributed by atoms with Crippen molar-refractivity contribution in [1.82, 2.24) is 0 Å². The summed E-state index contributed by atoms with van der Waals surface area (Å²) < 4.78 is 18.0. The molecule has 6 heteroatoms. The van der Waals surface area contributed by atoms with Gasteiger partial charge in [-0.1, -0.05) is 59.6 Å². The Hall–Kier alpha value is -1.98. The molecule has 0 aliphatic carbocycles. The van der Waals surface area contributed by atoms with Crippen molar-refractivity contribution in [1.29, 1.82) is 0 Å². The molecule has 0 saturated heterocycles. The van der Waals surface area contributed by atoms with E-state index in [0.717, 1.165) is 29.9 Å². The summed E-state index contributed by atoms with van der Waals surface area (Å²) in [5.41, 5.74) is 2.19. The quantitative estimate of drug-likeness (QED) is 0.243. The molecule has 3 aromatic carbocycles. The molecule has 0 heterocycles. The van der Waals surface area contributed by atoms with E-state index < -0.39 is 9.04 Å². The zero-order chi connectivity index (χ0) is 21.3. The molecule has 0 spiro atoms. The maximum Gasteiger partial charge on any atom is 0.190 e. The van der Waals surface area contributed by atoms with Crippen LogP contribution in [0.25, 0.3) is 0 Å². The van der Waals surface area contributed by atoms with Gasteiger partial charge in [0.15, 0.2) is 15.3 Å². The molecule has 30 heavy (non-hydrogen) atoms. The minimum absolute atomic E-state index is 0.232. The Morgan fingerprint density at radius 3 is 2.17 bits per heavy atom. The van der Waals surface area contributed by atoms with Gasteiger partial charge in [-0.3, -0.25) is 0 Å². The van der Waals surface area contributed by atoms with Crippen LogP contribution in [0.3, 0.4) is 0 Å². The fraction of sp³-hybridized carbons (Fsp3) is 0.250. The van der Waals surface area contributed by atoms with Crippen LogP contribution in [-0.2, 0) is 17.5 Å². The van der Waals surface area contributed by atoms with E-state index in [1.165, 1.54) is 5.56 Å². The van der Waals surface area contributed by atoms with E-state index in [2.05, 4.69) is 25.2 Å². The Morgan fingerprint density at radius 2 is 1.50 bits per heavy atom. The maximum absolute atomic E-state index is 6.08. The van der Waals surface area contributed by atoms with Crippen LogP contribution in [-0.4, -0.2) is 15.3 Å². The summed E-state index contributed by atoms with van der Waals surface area (Å²) in [6.45, 7) is 4.75. The zero-order valence-corrected chi connectivity index (χ0v) is 19.9. The summed E-state index contributed by atoms with van der Waals surface area (Å²) in [7, 11) is -1.21. The third-order valence-electron chi connectivity index (χ3n) is 4.42. The van der Waals surface area contributed by atoms with Gasteiger partial charge < -0.3 is 13.9 Å². The summed E-state index contributed by atoms with van der Waals surface area (Å²) >= 11 is 12.0. The highest BCUT2D eigenvalue weighted by Gasteiger charge is 2.13. The van der Waals surface area contributed by atoms with Gasteiger partial charge in [0.1, 0.15) is 18.1 Å². The van der Waals surface area contributed by atoms with Gasteiger partial charge in [-0.15, -0.1) is 0 Å². The van der Waals surface area contributed by atoms with Crippen molar-refractivity contribution in [2.24, 2.45) is 0 Å². The second kappa shape index (κ2) is 11.4. The molecule has 0 N–H and O–H groups in total. The van der Waals surface area contributed by atoms with Gasteiger partial charge in [-0.25, -0.2) is 0 Å². The summed E-state index contributed by atoms with van der Waals surface area (Å²) in [6.07, 6.45) is 1.43. The molecule has 3 nitrogen and oxygen atoms in total. The zero-order valence-electron chi connectivity index (χ0n) is 17.2. The number of para-hydroxylation sites is 1. The molecule has 0 fully saturated rings. The molecule has 0 bridgehead atoms. The van der Waals surface area contributed by atoms with Crippen LogP contribution >= 0.6 is 23.2 Å². The molecular formula is C24H26Cl2O3Si. The lowest BCUT2D eigenvalue weighted by Gasteiger charge is -2.22. The average molecular weight is 461 g/mol. The van der Waals surface area contributed by atoms with Crippen LogP contribution in [0.2, 0.25) is 23.1 Å². The monoisotopic (exact) mass is 460 g/mol. The van der Waals surface area contributed by atoms with Crippen molar-refractivity contribution in [3.05, 3.63) is 94.0 Å². The van der Waals surface area contributed by atoms with Gasteiger partial charge in [0.05, 0.1) is 10.0 Å². The van der Waals surface area contributed by atoms with Gasteiger partial charge in [0.25, 0.3) is 0 Å². The number of hydrogen-bond donors (Lipinski definition) is 0. The molecule has 0 aromatic heterocycles. The first-order valence-corrected chi connectivity index (χ1v) is 13.6. The predicted molar refractivity (Wildman–Crippen MR) is 126 cm³/mol. The molecule has 1 unspecified atom stereocenters. The fourth-order valence-electron chi connectivity index (χ4n) is 2.94. The first kappa shape index (κ1) is 22.7. The van der Waals surface area contributed by atoms with Crippen LogP contribution in [0.4, 0.5) is 0 Å². The largest absolute Gasteiger partial charge is 0.489 e. The standard InChI is InChI=1S/C24H26Cl2O3Si/c1-30(2)29-24(28-21-6-4-3-5-7-21)15-11-18-8-12-20(13-9-18)27-17-19-10-14-22(25)23(26)16-19/h3-10,12-14,16,24,30H,11,15,17H2,1-2H3. The van der Waals surface area contributed by atoms with Gasteiger partial charge >= 0.3 is 0 Å². The first-order valence-electron chi connectivity index (χ1n) is 10.0. The summed E-state index contributed by atoms with van der Waals surface area (Å²) in [5, 5.41) is 1.08. The lowest BCUT2D eigenvalue weighted by molar-refractivity contribution is -0.00173. The molecule has 3 rings (SSSR count). The smallest absolute Gasteiger partial charge is 0.190 e. The van der Waals surface area contributed by atoms with Gasteiger partial charge in [-0.05, 0) is 67.0 Å². The molecule has 0 saturated carbocycles. The normalized spacial score (nSPS) is 12.0. The van der Waals surface area contributed by atoms with Gasteiger partial charge in [-0.2, -0.15) is 0 Å². The van der Waals surface area contributed by atoms with E-state index in [-0.39, 0.29) is 6.29 Å². The molecular weight excluding hydrogens is 435 g/mol. The Labute approximate surface area is 190 Å². The minimum atomic E-state index is -1.21. The summed E-state index contributed by atoms with van der Waals surface area (Å²) in [6, 6.07) is 23.5. The molecule has 3 aromatic rings. The Kier molecular flexibility index (Phi) is 8.64. The minimum Gasteiger partial charge on any atom is -0.489 e. The molecule has 0 aliphatic rings. The van der Waals surface area contributed by atoms with Gasteiger partial charge in [0.2, 0.25) is 0 Å². The number of hydrogen-bond acceptors (Lipinski definition) is 3. The highest BCUT2D eigenvalue weighted by molar-refractivity contribution is 6.48. The Balaban J connectivity index is 1.52. The summed E-state index contributed by atoms with van der Waals surface area (Å²) in [4.78, 5) is 0. The number of halogens is 2. The summed E-state index contributed by atoms with van der Waals surface area (Å²) in [5.74, 6) is 1.65. The topological polar surface area (TPSA) is 27.7 Å². The van der Waals surface area contributed by atoms with Crippen LogP contribution in [0.1, 0.15) is 17.5 Å². The number of benzene rings is 3. The van der Waals surface area contributed by atoms with Crippen LogP contribution in [0.15, 0.2) is 72.8 Å². The van der Waals surface area contributed by atoms with E-state index in [1.807, 2.05) is 54.6 Å². The van der Waals surface area contributed by atoms with E-state index >= 15 is 0 Å². The van der Waals surface area contributed by atoms with Crippen molar-refractivity contribution in [2.45, 2.75) is 38.8 Å². The van der Waals surface area contributed by atoms with Crippen molar-refractivity contribution in [2.75, 3.05) is 0 Å². The van der Waals surface area contributed by atoms with E-state index in [0.29, 0.717) is 16.7 Å². The van der Waals surface area contributed by atoms with E-state index in [9.17, 15) is 0 Å². The second-order valence-corrected chi connectivity index (χ2v) is 10.4. The van der Waals surface area contributed by atoms with Crippen molar-refractivity contribution < 1.29 is 13.9 Å².